The van der Waals surface area contributed by atoms with E-state index in [0.29, 0.717) is 0 Å². The highest BCUT2D eigenvalue weighted by Gasteiger charge is 2.29. The molecule has 0 aromatic heterocycles. The highest BCUT2D eigenvalue weighted by atomic mass is 14.9. The third kappa shape index (κ3) is 0.898. The fourth-order valence-corrected chi connectivity index (χ4v) is 1.92. The molecule has 1 aliphatic heterocycles. The van der Waals surface area contributed by atoms with Crippen LogP contribution in [0.5, 0.6) is 0 Å². The Kier molecular flexibility index (Phi) is 1.37. The van der Waals surface area contributed by atoms with Crippen LogP contribution >= 0.6 is 0 Å². The maximum atomic E-state index is 4.49. The Bertz CT molecular complexity index is 159. The van der Waals surface area contributed by atoms with Crippen molar-refractivity contribution >= 4 is 6.21 Å². The Balaban J connectivity index is 2.13. The molecule has 1 spiro atoms. The standard InChI is InChI=1S/C9H13N/c1-2-5-9(6-3-1)7-4-8-10-9/h4,7-8H,1-3,5-6H2. The van der Waals surface area contributed by atoms with E-state index in [-0.39, 0.29) is 5.54 Å². The van der Waals surface area contributed by atoms with Gasteiger partial charge in [0.15, 0.2) is 0 Å². The molecule has 10 heavy (non-hydrogen) atoms. The van der Waals surface area contributed by atoms with Gasteiger partial charge in [0.1, 0.15) is 0 Å². The van der Waals surface area contributed by atoms with Gasteiger partial charge in [-0.05, 0) is 18.9 Å². The van der Waals surface area contributed by atoms with E-state index in [1.54, 1.807) is 0 Å². The van der Waals surface area contributed by atoms with Gasteiger partial charge in [0.25, 0.3) is 0 Å². The van der Waals surface area contributed by atoms with Crippen molar-refractivity contribution in [3.05, 3.63) is 12.2 Å². The van der Waals surface area contributed by atoms with Crippen LogP contribution in [0, 0.1) is 0 Å². The summed E-state index contributed by atoms with van der Waals surface area (Å²) in [5.74, 6) is 0. The Hall–Kier alpha value is -0.590. The molecule has 0 aromatic rings. The van der Waals surface area contributed by atoms with E-state index in [1.165, 1.54) is 32.1 Å². The van der Waals surface area contributed by atoms with Crippen molar-refractivity contribution in [2.24, 2.45) is 4.99 Å². The van der Waals surface area contributed by atoms with E-state index in [0.717, 1.165) is 0 Å². The van der Waals surface area contributed by atoms with Crippen molar-refractivity contribution in [2.45, 2.75) is 37.6 Å². The van der Waals surface area contributed by atoms with Gasteiger partial charge in [0.2, 0.25) is 0 Å². The first kappa shape index (κ1) is 6.14. The molecular formula is C9H13N. The van der Waals surface area contributed by atoms with Crippen LogP contribution in [0.4, 0.5) is 0 Å². The Labute approximate surface area is 61.9 Å². The van der Waals surface area contributed by atoms with E-state index < -0.39 is 0 Å². The quantitative estimate of drug-likeness (QED) is 0.483. The van der Waals surface area contributed by atoms with E-state index in [2.05, 4.69) is 17.1 Å². The molecule has 0 aromatic carbocycles. The number of allylic oxidation sites excluding steroid dienone is 1. The molecule has 2 rings (SSSR count). The van der Waals surface area contributed by atoms with Crippen LogP contribution in [0.2, 0.25) is 0 Å². The predicted molar refractivity (Wildman–Crippen MR) is 43.4 cm³/mol. The highest BCUT2D eigenvalue weighted by Crippen LogP contribution is 2.34. The van der Waals surface area contributed by atoms with Gasteiger partial charge >= 0.3 is 0 Å². The van der Waals surface area contributed by atoms with Gasteiger partial charge in [-0.3, -0.25) is 4.99 Å². The van der Waals surface area contributed by atoms with Crippen LogP contribution in [-0.4, -0.2) is 11.8 Å². The van der Waals surface area contributed by atoms with Crippen LogP contribution in [0.3, 0.4) is 0 Å². The molecule has 0 bridgehead atoms. The zero-order valence-corrected chi connectivity index (χ0v) is 6.21. The molecule has 1 heterocycles. The minimum atomic E-state index is 0.262. The Morgan fingerprint density at radius 2 is 1.90 bits per heavy atom. The van der Waals surface area contributed by atoms with Gasteiger partial charge < -0.3 is 0 Å². The Morgan fingerprint density at radius 3 is 2.50 bits per heavy atom. The minimum Gasteiger partial charge on any atom is -0.282 e. The summed E-state index contributed by atoms with van der Waals surface area (Å²) in [4.78, 5) is 4.49. The largest absolute Gasteiger partial charge is 0.282 e. The maximum absolute atomic E-state index is 4.49. The van der Waals surface area contributed by atoms with Gasteiger partial charge in [0, 0.05) is 6.21 Å². The van der Waals surface area contributed by atoms with E-state index >= 15 is 0 Å². The van der Waals surface area contributed by atoms with Crippen LogP contribution < -0.4 is 0 Å². The summed E-state index contributed by atoms with van der Waals surface area (Å²) < 4.78 is 0. The van der Waals surface area contributed by atoms with E-state index in [1.807, 2.05) is 6.21 Å². The Morgan fingerprint density at radius 1 is 1.10 bits per heavy atom. The van der Waals surface area contributed by atoms with Gasteiger partial charge in [-0.15, -0.1) is 0 Å². The minimum absolute atomic E-state index is 0.262. The molecule has 0 atom stereocenters. The van der Waals surface area contributed by atoms with Gasteiger partial charge in [-0.1, -0.05) is 25.3 Å². The molecule has 0 unspecified atom stereocenters. The molecular weight excluding hydrogens is 122 g/mol. The number of rotatable bonds is 0. The fraction of sp³-hybridized carbons (Fsp3) is 0.667. The molecule has 0 N–H and O–H groups in total. The van der Waals surface area contributed by atoms with E-state index in [9.17, 15) is 0 Å². The van der Waals surface area contributed by atoms with Crippen LogP contribution in [0.25, 0.3) is 0 Å². The normalized spacial score (nSPS) is 28.0. The zero-order chi connectivity index (χ0) is 6.86. The monoisotopic (exact) mass is 135 g/mol. The smallest absolute Gasteiger partial charge is 0.0791 e. The lowest BCUT2D eigenvalue weighted by atomic mass is 9.83. The molecule has 1 aliphatic carbocycles. The summed E-state index contributed by atoms with van der Waals surface area (Å²) in [7, 11) is 0. The predicted octanol–water partition coefficient (Wildman–Crippen LogP) is 2.33. The molecule has 2 aliphatic rings. The second-order valence-corrected chi connectivity index (χ2v) is 3.30. The average molecular weight is 135 g/mol. The number of aliphatic imine (C=N–C) groups is 1. The van der Waals surface area contributed by atoms with Gasteiger partial charge in [-0.2, -0.15) is 0 Å². The second kappa shape index (κ2) is 2.22. The lowest BCUT2D eigenvalue weighted by Crippen LogP contribution is -2.24. The lowest BCUT2D eigenvalue weighted by molar-refractivity contribution is 0.366. The SMILES string of the molecule is C1=CC2(CCCCC2)N=C1. The van der Waals surface area contributed by atoms with E-state index in [4.69, 9.17) is 0 Å². The number of hydrogen-bond acceptors (Lipinski definition) is 1. The number of nitrogens with zero attached hydrogens (tertiary/aromatic N) is 1. The summed E-state index contributed by atoms with van der Waals surface area (Å²) in [5, 5.41) is 0. The van der Waals surface area contributed by atoms with Crippen LogP contribution in [0.1, 0.15) is 32.1 Å². The summed E-state index contributed by atoms with van der Waals surface area (Å²) in [5.41, 5.74) is 0.262. The van der Waals surface area contributed by atoms with Gasteiger partial charge in [0.05, 0.1) is 5.54 Å². The van der Waals surface area contributed by atoms with Crippen molar-refractivity contribution in [1.29, 1.82) is 0 Å². The third-order valence-corrected chi connectivity index (χ3v) is 2.54. The first-order chi connectivity index (χ1) is 4.91. The second-order valence-electron chi connectivity index (χ2n) is 3.30. The first-order valence-corrected chi connectivity index (χ1v) is 4.14. The average Bonchev–Trinajstić information content (AvgIpc) is 2.39. The topological polar surface area (TPSA) is 12.4 Å². The summed E-state index contributed by atoms with van der Waals surface area (Å²) >= 11 is 0. The summed E-state index contributed by atoms with van der Waals surface area (Å²) in [6.07, 6.45) is 13.0. The lowest BCUT2D eigenvalue weighted by Gasteiger charge is -2.28. The summed E-state index contributed by atoms with van der Waals surface area (Å²) in [6.45, 7) is 0. The molecule has 0 saturated heterocycles. The molecule has 1 heteroatoms. The van der Waals surface area contributed by atoms with Crippen LogP contribution in [0.15, 0.2) is 17.1 Å². The molecule has 0 radical (unpaired) electrons. The molecule has 54 valence electrons. The zero-order valence-electron chi connectivity index (χ0n) is 6.21. The fourth-order valence-electron chi connectivity index (χ4n) is 1.92. The molecule has 1 saturated carbocycles. The first-order valence-electron chi connectivity index (χ1n) is 4.14. The van der Waals surface area contributed by atoms with Crippen molar-refractivity contribution in [3.8, 4) is 0 Å². The van der Waals surface area contributed by atoms with Crippen molar-refractivity contribution in [1.82, 2.24) is 0 Å². The van der Waals surface area contributed by atoms with Crippen molar-refractivity contribution in [2.75, 3.05) is 0 Å². The maximum Gasteiger partial charge on any atom is 0.0791 e. The molecule has 0 amide bonds. The van der Waals surface area contributed by atoms with Crippen molar-refractivity contribution in [3.63, 3.8) is 0 Å². The molecule has 1 fully saturated rings. The van der Waals surface area contributed by atoms with Crippen LogP contribution in [-0.2, 0) is 0 Å². The third-order valence-electron chi connectivity index (χ3n) is 2.54. The highest BCUT2D eigenvalue weighted by molar-refractivity contribution is 5.75. The number of hydrogen-bond donors (Lipinski definition) is 0. The summed E-state index contributed by atoms with van der Waals surface area (Å²) in [6, 6.07) is 0. The van der Waals surface area contributed by atoms with Crippen molar-refractivity contribution < 1.29 is 0 Å². The van der Waals surface area contributed by atoms with Gasteiger partial charge in [-0.25, -0.2) is 0 Å². The molecule has 1 nitrogen and oxygen atoms in total.